The van der Waals surface area contributed by atoms with Gasteiger partial charge in [-0.25, -0.2) is 5.01 Å². The van der Waals surface area contributed by atoms with E-state index in [1.54, 1.807) is 43.3 Å². The van der Waals surface area contributed by atoms with E-state index in [9.17, 15) is 18.6 Å². The molecule has 1 aliphatic rings. The minimum absolute atomic E-state index is 0.0178. The van der Waals surface area contributed by atoms with Crippen LogP contribution >= 0.6 is 0 Å². The molecule has 0 aliphatic carbocycles. The van der Waals surface area contributed by atoms with Crippen LogP contribution in [0.4, 0.5) is 0 Å². The van der Waals surface area contributed by atoms with Gasteiger partial charge in [0.15, 0.2) is 17.3 Å². The average Bonchev–Trinajstić information content (AvgIpc) is 2.91. The molecule has 0 spiro atoms. The molecule has 142 valence electrons. The zero-order valence-electron chi connectivity index (χ0n) is 14.8. The minimum Gasteiger partial charge on any atom is -0.504 e. The summed E-state index contributed by atoms with van der Waals surface area (Å²) < 4.78 is 33.4. The molecule has 3 rings (SSSR count). The topological polar surface area (TPSA) is 112 Å². The molecular formula is C18H19N3O5S. The third-order valence-corrected chi connectivity index (χ3v) is 5.21. The SMILES string of the molecule is COc1cccc(/C=N\N(C[C@H](C)O)C2=NS(=O)(=O)c3ccccc32)c1O. The number of hydrazone groups is 1. The maximum atomic E-state index is 12.3. The number of benzene rings is 2. The number of methoxy groups -OCH3 is 1. The number of sulfonamides is 1. The summed E-state index contributed by atoms with van der Waals surface area (Å²) in [4.78, 5) is 0.0926. The molecule has 1 aliphatic heterocycles. The van der Waals surface area contributed by atoms with Gasteiger partial charge in [-0.05, 0) is 31.2 Å². The lowest BCUT2D eigenvalue weighted by Gasteiger charge is -2.20. The Labute approximate surface area is 157 Å². The van der Waals surface area contributed by atoms with Gasteiger partial charge in [-0.2, -0.15) is 13.5 Å². The molecule has 1 heterocycles. The van der Waals surface area contributed by atoms with Crippen LogP contribution in [0, 0.1) is 0 Å². The van der Waals surface area contributed by atoms with Gasteiger partial charge in [0.25, 0.3) is 10.0 Å². The van der Waals surface area contributed by atoms with Gasteiger partial charge in [0.2, 0.25) is 0 Å². The van der Waals surface area contributed by atoms with Crippen LogP contribution in [-0.2, 0) is 10.0 Å². The molecule has 0 unspecified atom stereocenters. The van der Waals surface area contributed by atoms with Crippen molar-refractivity contribution in [1.29, 1.82) is 0 Å². The van der Waals surface area contributed by atoms with Crippen LogP contribution in [0.15, 0.2) is 56.9 Å². The van der Waals surface area contributed by atoms with Crippen LogP contribution in [0.25, 0.3) is 0 Å². The number of aliphatic hydroxyl groups excluding tert-OH is 1. The highest BCUT2D eigenvalue weighted by Crippen LogP contribution is 2.29. The van der Waals surface area contributed by atoms with Gasteiger partial charge < -0.3 is 14.9 Å². The van der Waals surface area contributed by atoms with Crippen LogP contribution in [0.5, 0.6) is 11.5 Å². The second-order valence-electron chi connectivity index (χ2n) is 5.96. The van der Waals surface area contributed by atoms with Crippen molar-refractivity contribution in [3.05, 3.63) is 53.6 Å². The number of aromatic hydroxyl groups is 1. The van der Waals surface area contributed by atoms with Gasteiger partial charge in [-0.3, -0.25) is 0 Å². The third-order valence-electron chi connectivity index (χ3n) is 3.88. The number of rotatable bonds is 5. The number of aliphatic hydroxyl groups is 1. The molecule has 0 bridgehead atoms. The number of ether oxygens (including phenoxy) is 1. The van der Waals surface area contributed by atoms with Crippen LogP contribution in [0.3, 0.4) is 0 Å². The predicted molar refractivity (Wildman–Crippen MR) is 101 cm³/mol. The Bertz CT molecular complexity index is 1020. The van der Waals surface area contributed by atoms with E-state index in [-0.39, 0.29) is 28.8 Å². The van der Waals surface area contributed by atoms with Crippen LogP contribution < -0.4 is 4.74 Å². The maximum Gasteiger partial charge on any atom is 0.285 e. The van der Waals surface area contributed by atoms with E-state index >= 15 is 0 Å². The lowest BCUT2D eigenvalue weighted by Crippen LogP contribution is -2.32. The number of fused-ring (bicyclic) bond motifs is 1. The number of amidine groups is 1. The van der Waals surface area contributed by atoms with Crippen LogP contribution in [-0.4, -0.2) is 55.4 Å². The van der Waals surface area contributed by atoms with Crippen molar-refractivity contribution < 1.29 is 23.4 Å². The molecule has 2 aromatic rings. The highest BCUT2D eigenvalue weighted by molar-refractivity contribution is 7.90. The second-order valence-corrected chi connectivity index (χ2v) is 7.53. The largest absolute Gasteiger partial charge is 0.504 e. The van der Waals surface area contributed by atoms with Gasteiger partial charge in [-0.15, -0.1) is 4.40 Å². The van der Waals surface area contributed by atoms with Crippen molar-refractivity contribution in [3.8, 4) is 11.5 Å². The molecule has 0 radical (unpaired) electrons. The molecule has 8 nitrogen and oxygen atoms in total. The van der Waals surface area contributed by atoms with Crippen molar-refractivity contribution in [2.75, 3.05) is 13.7 Å². The Balaban J connectivity index is 2.02. The minimum atomic E-state index is -3.82. The summed E-state index contributed by atoms with van der Waals surface area (Å²) in [7, 11) is -2.38. The first-order valence-electron chi connectivity index (χ1n) is 8.13. The molecule has 0 fully saturated rings. The van der Waals surface area contributed by atoms with E-state index in [1.165, 1.54) is 24.4 Å². The number of hydrogen-bond donors (Lipinski definition) is 2. The van der Waals surface area contributed by atoms with E-state index in [1.807, 2.05) is 0 Å². The third kappa shape index (κ3) is 3.79. The summed E-state index contributed by atoms with van der Waals surface area (Å²) >= 11 is 0. The number of para-hydroxylation sites is 1. The lowest BCUT2D eigenvalue weighted by molar-refractivity contribution is 0.161. The monoisotopic (exact) mass is 389 g/mol. The van der Waals surface area contributed by atoms with Crippen LogP contribution in [0.2, 0.25) is 0 Å². The smallest absolute Gasteiger partial charge is 0.285 e. The lowest BCUT2D eigenvalue weighted by atomic mass is 10.2. The zero-order valence-corrected chi connectivity index (χ0v) is 15.6. The molecule has 1 atom stereocenters. The maximum absolute atomic E-state index is 12.3. The molecule has 0 saturated heterocycles. The van der Waals surface area contributed by atoms with Crippen molar-refractivity contribution in [2.45, 2.75) is 17.9 Å². The molecule has 0 amide bonds. The number of phenolic OH excluding ortho intramolecular Hbond substituents is 1. The fourth-order valence-corrected chi connectivity index (χ4v) is 3.86. The number of hydrogen-bond acceptors (Lipinski definition) is 7. The highest BCUT2D eigenvalue weighted by Gasteiger charge is 2.32. The Kier molecular flexibility index (Phi) is 5.15. The first kappa shape index (κ1) is 18.9. The zero-order chi connectivity index (χ0) is 19.6. The van der Waals surface area contributed by atoms with E-state index in [0.717, 1.165) is 0 Å². The molecule has 2 N–H and O–H groups in total. The van der Waals surface area contributed by atoms with Crippen molar-refractivity contribution in [3.63, 3.8) is 0 Å². The van der Waals surface area contributed by atoms with Crippen molar-refractivity contribution >= 4 is 22.1 Å². The van der Waals surface area contributed by atoms with Gasteiger partial charge in [-0.1, -0.05) is 18.2 Å². The van der Waals surface area contributed by atoms with E-state index < -0.39 is 16.1 Å². The van der Waals surface area contributed by atoms with Crippen LogP contribution in [0.1, 0.15) is 18.1 Å². The van der Waals surface area contributed by atoms with Gasteiger partial charge >= 0.3 is 0 Å². The van der Waals surface area contributed by atoms with E-state index in [4.69, 9.17) is 4.74 Å². The van der Waals surface area contributed by atoms with Gasteiger partial charge in [0.1, 0.15) is 4.90 Å². The summed E-state index contributed by atoms with van der Waals surface area (Å²) in [6.07, 6.45) is 0.565. The predicted octanol–water partition coefficient (Wildman–Crippen LogP) is 1.57. The van der Waals surface area contributed by atoms with Crippen molar-refractivity contribution in [2.24, 2.45) is 9.50 Å². The molecule has 9 heteroatoms. The Hall–Kier alpha value is -2.91. The standard InChI is InChI=1S/C18H19N3O5S/c1-12(22)11-21(19-10-13-6-5-8-15(26-2)17(13)23)18-14-7-3-4-9-16(14)27(24,25)20-18/h3-10,12,22-23H,11H2,1-2H3/b19-10-/t12-/m0/s1. The van der Waals surface area contributed by atoms with Crippen molar-refractivity contribution in [1.82, 2.24) is 5.01 Å². The normalized spacial score (nSPS) is 16.0. The fraction of sp³-hybridized carbons (Fsp3) is 0.222. The molecule has 2 aromatic carbocycles. The molecule has 0 saturated carbocycles. The first-order valence-corrected chi connectivity index (χ1v) is 9.57. The average molecular weight is 389 g/mol. The summed E-state index contributed by atoms with van der Waals surface area (Å²) in [5.41, 5.74) is 0.782. The van der Waals surface area contributed by atoms with Gasteiger partial charge in [0, 0.05) is 11.1 Å². The van der Waals surface area contributed by atoms with Gasteiger partial charge in [0.05, 0.1) is 26.0 Å². The summed E-state index contributed by atoms with van der Waals surface area (Å²) in [6, 6.07) is 11.3. The molecular weight excluding hydrogens is 370 g/mol. The Morgan fingerprint density at radius 3 is 2.70 bits per heavy atom. The van der Waals surface area contributed by atoms with E-state index in [0.29, 0.717) is 11.1 Å². The highest BCUT2D eigenvalue weighted by atomic mass is 32.2. The quantitative estimate of drug-likeness (QED) is 0.593. The number of nitrogens with zero attached hydrogens (tertiary/aromatic N) is 3. The second kappa shape index (κ2) is 7.37. The van der Waals surface area contributed by atoms with E-state index in [2.05, 4.69) is 9.50 Å². The number of phenols is 1. The fourth-order valence-electron chi connectivity index (χ4n) is 2.65. The first-order chi connectivity index (χ1) is 12.8. The Morgan fingerprint density at radius 1 is 1.26 bits per heavy atom. The summed E-state index contributed by atoms with van der Waals surface area (Å²) in [5, 5.41) is 25.5. The molecule has 27 heavy (non-hydrogen) atoms. The summed E-state index contributed by atoms with van der Waals surface area (Å²) in [6.45, 7) is 1.57. The summed E-state index contributed by atoms with van der Waals surface area (Å²) in [5.74, 6) is 0.305. The molecule has 0 aromatic heterocycles. The Morgan fingerprint density at radius 2 is 2.00 bits per heavy atom.